The lowest BCUT2D eigenvalue weighted by atomic mass is 10.2. The molecule has 0 aliphatic carbocycles. The van der Waals surface area contributed by atoms with E-state index < -0.39 is 10.0 Å². The SMILES string of the molecule is O=C(CN1CCCCS1(=O)=O)NCc1ccccc1. The van der Waals surface area contributed by atoms with Gasteiger partial charge in [-0.25, -0.2) is 8.42 Å². The zero-order valence-electron chi connectivity index (χ0n) is 10.7. The Morgan fingerprint density at radius 3 is 2.63 bits per heavy atom. The van der Waals surface area contributed by atoms with Crippen LogP contribution in [0.5, 0.6) is 0 Å². The van der Waals surface area contributed by atoms with Crippen molar-refractivity contribution < 1.29 is 13.2 Å². The van der Waals surface area contributed by atoms with Crippen LogP contribution in [0.1, 0.15) is 18.4 Å². The van der Waals surface area contributed by atoms with Crippen molar-refractivity contribution in [2.75, 3.05) is 18.8 Å². The second-order valence-corrected chi connectivity index (χ2v) is 6.71. The van der Waals surface area contributed by atoms with Crippen LogP contribution in [0, 0.1) is 0 Å². The first-order chi connectivity index (χ1) is 9.08. The summed E-state index contributed by atoms with van der Waals surface area (Å²) < 4.78 is 24.7. The van der Waals surface area contributed by atoms with Gasteiger partial charge in [0.1, 0.15) is 0 Å². The van der Waals surface area contributed by atoms with Crippen LogP contribution in [0.2, 0.25) is 0 Å². The molecule has 1 aromatic rings. The van der Waals surface area contributed by atoms with Crippen molar-refractivity contribution in [3.8, 4) is 0 Å². The van der Waals surface area contributed by atoms with Gasteiger partial charge in [0, 0.05) is 13.1 Å². The van der Waals surface area contributed by atoms with E-state index in [1.54, 1.807) is 0 Å². The Balaban J connectivity index is 1.84. The molecule has 0 bridgehead atoms. The molecule has 1 saturated heterocycles. The van der Waals surface area contributed by atoms with Crippen LogP contribution >= 0.6 is 0 Å². The zero-order chi connectivity index (χ0) is 13.7. The molecule has 1 N–H and O–H groups in total. The zero-order valence-corrected chi connectivity index (χ0v) is 11.5. The van der Waals surface area contributed by atoms with Crippen LogP contribution in [-0.2, 0) is 21.4 Å². The molecule has 0 radical (unpaired) electrons. The fourth-order valence-corrected chi connectivity index (χ4v) is 3.58. The van der Waals surface area contributed by atoms with Gasteiger partial charge in [-0.05, 0) is 18.4 Å². The minimum absolute atomic E-state index is 0.0742. The maximum Gasteiger partial charge on any atom is 0.235 e. The van der Waals surface area contributed by atoms with E-state index in [4.69, 9.17) is 0 Å². The van der Waals surface area contributed by atoms with Crippen LogP contribution in [0.25, 0.3) is 0 Å². The fourth-order valence-electron chi connectivity index (χ4n) is 2.03. The second kappa shape index (κ2) is 6.16. The average molecular weight is 282 g/mol. The summed E-state index contributed by atoms with van der Waals surface area (Å²) in [7, 11) is -3.23. The summed E-state index contributed by atoms with van der Waals surface area (Å²) in [5, 5.41) is 2.74. The van der Waals surface area contributed by atoms with Gasteiger partial charge in [0.15, 0.2) is 0 Å². The Morgan fingerprint density at radius 2 is 1.95 bits per heavy atom. The highest BCUT2D eigenvalue weighted by Gasteiger charge is 2.27. The lowest BCUT2D eigenvalue weighted by Crippen LogP contribution is -2.44. The molecule has 0 aromatic heterocycles. The number of sulfonamides is 1. The van der Waals surface area contributed by atoms with E-state index in [9.17, 15) is 13.2 Å². The normalized spacial score (nSPS) is 18.9. The van der Waals surface area contributed by atoms with Gasteiger partial charge >= 0.3 is 0 Å². The number of benzene rings is 1. The van der Waals surface area contributed by atoms with Crippen molar-refractivity contribution >= 4 is 15.9 Å². The molecule has 0 saturated carbocycles. The van der Waals surface area contributed by atoms with Crippen LogP contribution in [0.4, 0.5) is 0 Å². The van der Waals surface area contributed by atoms with Gasteiger partial charge in [0.05, 0.1) is 12.3 Å². The highest BCUT2D eigenvalue weighted by Crippen LogP contribution is 2.12. The van der Waals surface area contributed by atoms with Gasteiger partial charge in [0.25, 0.3) is 0 Å². The Morgan fingerprint density at radius 1 is 1.21 bits per heavy atom. The quantitative estimate of drug-likeness (QED) is 0.885. The molecule has 0 atom stereocenters. The van der Waals surface area contributed by atoms with E-state index in [-0.39, 0.29) is 18.2 Å². The molecule has 104 valence electrons. The lowest BCUT2D eigenvalue weighted by Gasteiger charge is -2.25. The van der Waals surface area contributed by atoms with Gasteiger partial charge < -0.3 is 5.32 Å². The van der Waals surface area contributed by atoms with Crippen molar-refractivity contribution in [1.29, 1.82) is 0 Å². The maximum atomic E-state index is 11.8. The van der Waals surface area contributed by atoms with E-state index in [1.165, 1.54) is 4.31 Å². The molecule has 6 heteroatoms. The van der Waals surface area contributed by atoms with Gasteiger partial charge in [-0.2, -0.15) is 4.31 Å². The Labute approximate surface area is 113 Å². The molecule has 1 aliphatic heterocycles. The molecule has 1 fully saturated rings. The molecular weight excluding hydrogens is 264 g/mol. The monoisotopic (exact) mass is 282 g/mol. The molecule has 1 heterocycles. The smallest absolute Gasteiger partial charge is 0.235 e. The summed E-state index contributed by atoms with van der Waals surface area (Å²) in [6.45, 7) is 0.795. The fraction of sp³-hybridized carbons (Fsp3) is 0.462. The molecule has 1 aliphatic rings. The highest BCUT2D eigenvalue weighted by molar-refractivity contribution is 7.89. The summed E-state index contributed by atoms with van der Waals surface area (Å²) in [6.07, 6.45) is 1.51. The number of carbonyl (C=O) groups excluding carboxylic acids is 1. The van der Waals surface area contributed by atoms with Gasteiger partial charge in [0.2, 0.25) is 15.9 Å². The summed E-state index contributed by atoms with van der Waals surface area (Å²) in [6, 6.07) is 9.54. The molecule has 0 spiro atoms. The highest BCUT2D eigenvalue weighted by atomic mass is 32.2. The maximum absolute atomic E-state index is 11.8. The predicted octanol–water partition coefficient (Wildman–Crippen LogP) is 0.728. The number of nitrogens with zero attached hydrogens (tertiary/aromatic N) is 1. The standard InChI is InChI=1S/C13H18N2O3S/c16-13(14-10-12-6-2-1-3-7-12)11-15-8-4-5-9-19(15,17)18/h1-3,6-7H,4-5,8-11H2,(H,14,16). The van der Waals surface area contributed by atoms with E-state index in [2.05, 4.69) is 5.32 Å². The first-order valence-electron chi connectivity index (χ1n) is 6.36. The molecule has 0 unspecified atom stereocenters. The van der Waals surface area contributed by atoms with Crippen molar-refractivity contribution in [2.45, 2.75) is 19.4 Å². The first-order valence-corrected chi connectivity index (χ1v) is 7.97. The second-order valence-electron chi connectivity index (χ2n) is 4.62. The third-order valence-corrected chi connectivity index (χ3v) is 5.01. The van der Waals surface area contributed by atoms with Crippen molar-refractivity contribution in [2.24, 2.45) is 0 Å². The summed E-state index contributed by atoms with van der Waals surface area (Å²) in [5.74, 6) is -0.104. The molecule has 5 nitrogen and oxygen atoms in total. The minimum Gasteiger partial charge on any atom is -0.351 e. The predicted molar refractivity (Wildman–Crippen MR) is 72.9 cm³/mol. The molecule has 2 rings (SSSR count). The van der Waals surface area contributed by atoms with Crippen molar-refractivity contribution in [3.05, 3.63) is 35.9 Å². The van der Waals surface area contributed by atoms with E-state index >= 15 is 0 Å². The van der Waals surface area contributed by atoms with Crippen LogP contribution < -0.4 is 5.32 Å². The molecule has 1 aromatic carbocycles. The van der Waals surface area contributed by atoms with Crippen molar-refractivity contribution in [3.63, 3.8) is 0 Å². The third kappa shape index (κ3) is 4.04. The Hall–Kier alpha value is -1.40. The summed E-state index contributed by atoms with van der Waals surface area (Å²) in [4.78, 5) is 11.8. The molecule has 19 heavy (non-hydrogen) atoms. The van der Waals surface area contributed by atoms with E-state index in [1.807, 2.05) is 30.3 Å². The number of carbonyl (C=O) groups is 1. The third-order valence-electron chi connectivity index (χ3n) is 3.11. The van der Waals surface area contributed by atoms with E-state index in [0.29, 0.717) is 19.5 Å². The average Bonchev–Trinajstić information content (AvgIpc) is 2.40. The van der Waals surface area contributed by atoms with Crippen LogP contribution in [0.15, 0.2) is 30.3 Å². The van der Waals surface area contributed by atoms with E-state index in [0.717, 1.165) is 12.0 Å². The summed E-state index contributed by atoms with van der Waals surface area (Å²) in [5.41, 5.74) is 0.998. The molecular formula is C13H18N2O3S. The minimum atomic E-state index is -3.23. The Bertz CT molecular complexity index is 528. The number of nitrogens with one attached hydrogen (secondary N) is 1. The number of rotatable bonds is 4. The summed E-state index contributed by atoms with van der Waals surface area (Å²) >= 11 is 0. The largest absolute Gasteiger partial charge is 0.351 e. The Kier molecular flexibility index (Phi) is 4.55. The number of hydrogen-bond donors (Lipinski definition) is 1. The van der Waals surface area contributed by atoms with Gasteiger partial charge in [-0.3, -0.25) is 4.79 Å². The van der Waals surface area contributed by atoms with Gasteiger partial charge in [-0.1, -0.05) is 30.3 Å². The van der Waals surface area contributed by atoms with Crippen LogP contribution in [-0.4, -0.2) is 37.5 Å². The first kappa shape index (κ1) is 14.0. The van der Waals surface area contributed by atoms with Crippen molar-refractivity contribution in [1.82, 2.24) is 9.62 Å². The van der Waals surface area contributed by atoms with Crippen LogP contribution in [0.3, 0.4) is 0 Å². The topological polar surface area (TPSA) is 66.5 Å². The lowest BCUT2D eigenvalue weighted by molar-refractivity contribution is -0.121. The number of amides is 1. The number of hydrogen-bond acceptors (Lipinski definition) is 3. The van der Waals surface area contributed by atoms with Gasteiger partial charge in [-0.15, -0.1) is 0 Å². The molecule has 1 amide bonds.